The van der Waals surface area contributed by atoms with Gasteiger partial charge in [-0.05, 0) is 74.4 Å². The molecule has 0 atom stereocenters. The molecule has 0 saturated heterocycles. The first-order valence-corrected chi connectivity index (χ1v) is 11.9. The molecule has 0 spiro atoms. The second kappa shape index (κ2) is 10.3. The molecule has 172 valence electrons. The van der Waals surface area contributed by atoms with E-state index in [0.29, 0.717) is 11.4 Å². The molecule has 3 aromatic carbocycles. The minimum absolute atomic E-state index is 0.0845. The Balaban J connectivity index is 1.92. The van der Waals surface area contributed by atoms with Gasteiger partial charge in [-0.15, -0.1) is 0 Å². The summed E-state index contributed by atoms with van der Waals surface area (Å²) in [5.74, 6) is -1.05. The van der Waals surface area contributed by atoms with E-state index >= 15 is 0 Å². The van der Waals surface area contributed by atoms with Gasteiger partial charge >= 0.3 is 5.97 Å². The van der Waals surface area contributed by atoms with Gasteiger partial charge in [0.15, 0.2) is 0 Å². The number of carbonyl (C=O) groups is 2. The zero-order valence-corrected chi connectivity index (χ0v) is 19.6. The van der Waals surface area contributed by atoms with Crippen molar-refractivity contribution in [2.45, 2.75) is 25.7 Å². The Morgan fingerprint density at radius 1 is 0.909 bits per heavy atom. The van der Waals surface area contributed by atoms with E-state index in [-0.39, 0.29) is 17.1 Å². The van der Waals surface area contributed by atoms with Crippen LogP contribution in [0.5, 0.6) is 0 Å². The monoisotopic (exact) mass is 466 g/mol. The molecular formula is C25H26N2O5S. The summed E-state index contributed by atoms with van der Waals surface area (Å²) >= 11 is 0. The van der Waals surface area contributed by atoms with Gasteiger partial charge in [0.25, 0.3) is 10.0 Å². The Morgan fingerprint density at radius 3 is 2.21 bits per heavy atom. The third kappa shape index (κ3) is 5.98. The Labute approximate surface area is 194 Å². The number of carbonyl (C=O) groups excluding carboxylic acids is 2. The number of anilines is 2. The molecule has 0 aliphatic carbocycles. The van der Waals surface area contributed by atoms with E-state index in [2.05, 4.69) is 5.32 Å². The van der Waals surface area contributed by atoms with Gasteiger partial charge in [0.05, 0.1) is 22.8 Å². The summed E-state index contributed by atoms with van der Waals surface area (Å²) in [6.45, 7) is 5.23. The molecule has 0 aromatic heterocycles. The molecule has 7 nitrogen and oxygen atoms in total. The fraction of sp³-hybridized carbons (Fsp3) is 0.200. The molecule has 0 fully saturated rings. The van der Waals surface area contributed by atoms with Crippen LogP contribution < -0.4 is 9.62 Å². The summed E-state index contributed by atoms with van der Waals surface area (Å²) in [5, 5.41) is 2.68. The van der Waals surface area contributed by atoms with Gasteiger partial charge in [-0.25, -0.2) is 13.2 Å². The second-order valence-corrected chi connectivity index (χ2v) is 9.38. The Morgan fingerprint density at radius 2 is 1.58 bits per heavy atom. The average molecular weight is 467 g/mol. The molecule has 3 aromatic rings. The topological polar surface area (TPSA) is 92.8 Å². The number of hydrogen-bond acceptors (Lipinski definition) is 5. The van der Waals surface area contributed by atoms with Gasteiger partial charge in [0, 0.05) is 5.69 Å². The van der Waals surface area contributed by atoms with E-state index in [4.69, 9.17) is 4.74 Å². The zero-order valence-electron chi connectivity index (χ0n) is 18.7. The van der Waals surface area contributed by atoms with Crippen molar-refractivity contribution in [2.24, 2.45) is 0 Å². The van der Waals surface area contributed by atoms with Gasteiger partial charge in [-0.3, -0.25) is 9.10 Å². The van der Waals surface area contributed by atoms with E-state index in [1.807, 2.05) is 19.9 Å². The summed E-state index contributed by atoms with van der Waals surface area (Å²) in [4.78, 5) is 25.0. The van der Waals surface area contributed by atoms with Crippen LogP contribution in [0.3, 0.4) is 0 Å². The quantitative estimate of drug-likeness (QED) is 0.499. The zero-order chi connectivity index (χ0) is 24.0. The maximum Gasteiger partial charge on any atom is 0.338 e. The van der Waals surface area contributed by atoms with Crippen LogP contribution in [0, 0.1) is 13.8 Å². The molecule has 0 unspecified atom stereocenters. The second-order valence-electron chi connectivity index (χ2n) is 7.52. The number of rotatable bonds is 8. The lowest BCUT2D eigenvalue weighted by Gasteiger charge is -2.25. The number of esters is 1. The van der Waals surface area contributed by atoms with E-state index in [9.17, 15) is 18.0 Å². The number of nitrogens with one attached hydrogen (secondary N) is 1. The first-order valence-electron chi connectivity index (χ1n) is 10.4. The maximum absolute atomic E-state index is 13.4. The van der Waals surface area contributed by atoms with Crippen molar-refractivity contribution in [3.63, 3.8) is 0 Å². The maximum atomic E-state index is 13.4. The average Bonchev–Trinajstić information content (AvgIpc) is 2.77. The highest BCUT2D eigenvalue weighted by Gasteiger charge is 2.27. The fourth-order valence-electron chi connectivity index (χ4n) is 3.40. The molecule has 8 heteroatoms. The molecule has 0 bridgehead atoms. The smallest absolute Gasteiger partial charge is 0.338 e. The van der Waals surface area contributed by atoms with Crippen LogP contribution in [0.1, 0.15) is 28.4 Å². The van der Waals surface area contributed by atoms with Crippen LogP contribution in [-0.4, -0.2) is 33.4 Å². The van der Waals surface area contributed by atoms with Crippen LogP contribution in [0.25, 0.3) is 0 Å². The number of amides is 1. The number of aryl methyl sites for hydroxylation is 2. The lowest BCUT2D eigenvalue weighted by atomic mass is 10.1. The number of benzene rings is 3. The number of ether oxygens (including phenoxy) is 1. The van der Waals surface area contributed by atoms with E-state index in [1.54, 1.807) is 55.5 Å². The van der Waals surface area contributed by atoms with Crippen LogP contribution in [0.15, 0.2) is 77.7 Å². The minimum atomic E-state index is -4.01. The predicted molar refractivity (Wildman–Crippen MR) is 128 cm³/mol. The Kier molecular flexibility index (Phi) is 7.50. The molecule has 0 aliphatic heterocycles. The molecule has 0 aliphatic rings. The lowest BCUT2D eigenvalue weighted by molar-refractivity contribution is -0.114. The van der Waals surface area contributed by atoms with Crippen molar-refractivity contribution in [1.82, 2.24) is 0 Å². The molecule has 1 amide bonds. The van der Waals surface area contributed by atoms with Crippen molar-refractivity contribution in [3.05, 3.63) is 89.5 Å². The van der Waals surface area contributed by atoms with E-state index < -0.39 is 28.4 Å². The SMILES string of the molecule is CCOC(=O)c1cccc(NC(=O)CN(c2cc(C)cc(C)c2)S(=O)(=O)c2ccccc2)c1. The van der Waals surface area contributed by atoms with Gasteiger partial charge in [-0.2, -0.15) is 0 Å². The predicted octanol–water partition coefficient (Wildman–Crippen LogP) is 4.31. The third-order valence-electron chi connectivity index (χ3n) is 4.77. The highest BCUT2D eigenvalue weighted by atomic mass is 32.2. The van der Waals surface area contributed by atoms with Crippen molar-refractivity contribution >= 4 is 33.3 Å². The first-order chi connectivity index (χ1) is 15.7. The van der Waals surface area contributed by atoms with Crippen LogP contribution in [-0.2, 0) is 19.6 Å². The van der Waals surface area contributed by atoms with Crippen LogP contribution in [0.2, 0.25) is 0 Å². The van der Waals surface area contributed by atoms with Gasteiger partial charge < -0.3 is 10.1 Å². The number of sulfonamides is 1. The summed E-state index contributed by atoms with van der Waals surface area (Å²) in [6.07, 6.45) is 0. The third-order valence-corrected chi connectivity index (χ3v) is 6.56. The van der Waals surface area contributed by atoms with Gasteiger partial charge in [-0.1, -0.05) is 30.3 Å². The fourth-order valence-corrected chi connectivity index (χ4v) is 4.82. The van der Waals surface area contributed by atoms with Gasteiger partial charge in [0.2, 0.25) is 5.91 Å². The highest BCUT2D eigenvalue weighted by molar-refractivity contribution is 7.92. The summed E-state index contributed by atoms with van der Waals surface area (Å²) < 4.78 is 33.0. The first kappa shape index (κ1) is 24.0. The lowest BCUT2D eigenvalue weighted by Crippen LogP contribution is -2.38. The molecule has 3 rings (SSSR count). The van der Waals surface area contributed by atoms with Crippen molar-refractivity contribution < 1.29 is 22.7 Å². The molecule has 0 heterocycles. The van der Waals surface area contributed by atoms with Crippen LogP contribution >= 0.6 is 0 Å². The molecule has 33 heavy (non-hydrogen) atoms. The molecule has 1 N–H and O–H groups in total. The normalized spacial score (nSPS) is 11.0. The largest absolute Gasteiger partial charge is 0.462 e. The Hall–Kier alpha value is -3.65. The molecule has 0 radical (unpaired) electrons. The standard InChI is InChI=1S/C25H26N2O5S/c1-4-32-25(29)20-9-8-10-21(16-20)26-24(28)17-27(22-14-18(2)13-19(3)15-22)33(30,31)23-11-6-5-7-12-23/h5-16H,4,17H2,1-3H3,(H,26,28). The van der Waals surface area contributed by atoms with Gasteiger partial charge in [0.1, 0.15) is 6.54 Å². The minimum Gasteiger partial charge on any atom is -0.462 e. The number of nitrogens with zero attached hydrogens (tertiary/aromatic N) is 1. The number of hydrogen-bond donors (Lipinski definition) is 1. The molecule has 0 saturated carbocycles. The molecular weight excluding hydrogens is 440 g/mol. The van der Waals surface area contributed by atoms with E-state index in [0.717, 1.165) is 15.4 Å². The van der Waals surface area contributed by atoms with Crippen LogP contribution in [0.4, 0.5) is 11.4 Å². The van der Waals surface area contributed by atoms with Crippen molar-refractivity contribution in [3.8, 4) is 0 Å². The van der Waals surface area contributed by atoms with E-state index in [1.165, 1.54) is 18.2 Å². The summed E-state index contributed by atoms with van der Waals surface area (Å²) in [7, 11) is -4.01. The Bertz CT molecular complexity index is 1240. The summed E-state index contributed by atoms with van der Waals surface area (Å²) in [6, 6.07) is 19.7. The van der Waals surface area contributed by atoms with Crippen molar-refractivity contribution in [1.29, 1.82) is 0 Å². The van der Waals surface area contributed by atoms with Crippen molar-refractivity contribution in [2.75, 3.05) is 22.8 Å². The summed E-state index contributed by atoms with van der Waals surface area (Å²) in [5.41, 5.74) is 2.80. The highest BCUT2D eigenvalue weighted by Crippen LogP contribution is 2.26.